The molecule has 0 bridgehead atoms. The third-order valence-electron chi connectivity index (χ3n) is 2.16. The first kappa shape index (κ1) is 11.9. The van der Waals surface area contributed by atoms with E-state index in [2.05, 4.69) is 15.3 Å². The molecule has 0 unspecified atom stereocenters. The molecule has 0 N–H and O–H groups in total. The van der Waals surface area contributed by atoms with Crippen molar-refractivity contribution in [2.45, 2.75) is 25.8 Å². The molecule has 0 aliphatic heterocycles. The predicted octanol–water partition coefficient (Wildman–Crippen LogP) is 2.79. The van der Waals surface area contributed by atoms with Crippen molar-refractivity contribution in [1.29, 1.82) is 0 Å². The molecule has 0 radical (unpaired) electrons. The lowest BCUT2D eigenvalue weighted by molar-refractivity contribution is 0.451. The minimum Gasteiger partial charge on any atom is -0.434 e. The summed E-state index contributed by atoms with van der Waals surface area (Å²) >= 11 is 5.62. The number of ether oxygens (including phenoxy) is 1. The Kier molecular flexibility index (Phi) is 3.58. The summed E-state index contributed by atoms with van der Waals surface area (Å²) in [5, 5.41) is 12.0. The smallest absolute Gasteiger partial charge is 0.239 e. The average Bonchev–Trinajstić information content (AvgIpc) is 2.79. The van der Waals surface area contributed by atoms with E-state index >= 15 is 0 Å². The molecule has 17 heavy (non-hydrogen) atoms. The highest BCUT2D eigenvalue weighted by atomic mass is 35.5. The molecule has 5 nitrogen and oxygen atoms in total. The van der Waals surface area contributed by atoms with E-state index in [1.807, 2.05) is 24.7 Å². The highest BCUT2D eigenvalue weighted by molar-refractivity contribution is 6.16. The van der Waals surface area contributed by atoms with Gasteiger partial charge >= 0.3 is 0 Å². The summed E-state index contributed by atoms with van der Waals surface area (Å²) in [7, 11) is 0. The van der Waals surface area contributed by atoms with Gasteiger partial charge in [0.2, 0.25) is 5.88 Å². The van der Waals surface area contributed by atoms with Gasteiger partial charge in [0.1, 0.15) is 0 Å². The Labute approximate surface area is 104 Å². The predicted molar refractivity (Wildman–Crippen MR) is 64.3 cm³/mol. The van der Waals surface area contributed by atoms with Crippen molar-refractivity contribution in [3.8, 4) is 11.6 Å². The van der Waals surface area contributed by atoms with Gasteiger partial charge in [-0.1, -0.05) is 0 Å². The Morgan fingerprint density at radius 3 is 2.71 bits per heavy atom. The SMILES string of the molecule is CC(C)n1cc(Oc2ccc(CCl)nn2)cn1. The van der Waals surface area contributed by atoms with Crippen LogP contribution in [0.4, 0.5) is 0 Å². The molecule has 0 atom stereocenters. The van der Waals surface area contributed by atoms with Gasteiger partial charge in [0, 0.05) is 12.1 Å². The number of nitrogens with zero attached hydrogens (tertiary/aromatic N) is 4. The zero-order valence-electron chi connectivity index (χ0n) is 9.67. The molecular weight excluding hydrogens is 240 g/mol. The number of hydrogen-bond acceptors (Lipinski definition) is 4. The molecular formula is C11H13ClN4O. The van der Waals surface area contributed by atoms with Crippen LogP contribution >= 0.6 is 11.6 Å². The van der Waals surface area contributed by atoms with Gasteiger partial charge in [-0.3, -0.25) is 4.68 Å². The first-order chi connectivity index (χ1) is 8.19. The van der Waals surface area contributed by atoms with Crippen LogP contribution in [0, 0.1) is 0 Å². The second kappa shape index (κ2) is 5.14. The van der Waals surface area contributed by atoms with E-state index in [0.717, 1.165) is 5.69 Å². The van der Waals surface area contributed by atoms with Gasteiger partial charge in [-0.2, -0.15) is 10.2 Å². The van der Waals surface area contributed by atoms with Crippen LogP contribution in [0.15, 0.2) is 24.5 Å². The summed E-state index contributed by atoms with van der Waals surface area (Å²) in [5.74, 6) is 1.42. The van der Waals surface area contributed by atoms with Crippen molar-refractivity contribution in [2.24, 2.45) is 0 Å². The van der Waals surface area contributed by atoms with Crippen molar-refractivity contribution in [1.82, 2.24) is 20.0 Å². The highest BCUT2D eigenvalue weighted by Crippen LogP contribution is 2.19. The van der Waals surface area contributed by atoms with E-state index in [0.29, 0.717) is 23.6 Å². The Morgan fingerprint density at radius 1 is 1.35 bits per heavy atom. The lowest BCUT2D eigenvalue weighted by Gasteiger charge is -2.03. The number of aromatic nitrogens is 4. The normalized spacial score (nSPS) is 10.8. The van der Waals surface area contributed by atoms with Crippen molar-refractivity contribution < 1.29 is 4.74 Å². The Hall–Kier alpha value is -1.62. The third-order valence-corrected chi connectivity index (χ3v) is 2.44. The molecule has 90 valence electrons. The standard InChI is InChI=1S/C11H13ClN4O/c1-8(2)16-7-10(6-13-16)17-11-4-3-9(5-12)14-15-11/h3-4,6-8H,5H2,1-2H3. The van der Waals surface area contributed by atoms with Crippen molar-refractivity contribution >= 4 is 11.6 Å². The van der Waals surface area contributed by atoms with E-state index in [9.17, 15) is 0 Å². The van der Waals surface area contributed by atoms with Crippen LogP contribution in [0.1, 0.15) is 25.6 Å². The molecule has 6 heteroatoms. The van der Waals surface area contributed by atoms with Gasteiger partial charge in [-0.05, 0) is 19.9 Å². The minimum atomic E-state index is 0.303. The maximum Gasteiger partial charge on any atom is 0.239 e. The minimum absolute atomic E-state index is 0.303. The lowest BCUT2D eigenvalue weighted by atomic mass is 10.4. The van der Waals surface area contributed by atoms with Crippen LogP contribution < -0.4 is 4.74 Å². The van der Waals surface area contributed by atoms with Gasteiger partial charge in [-0.25, -0.2) is 0 Å². The molecule has 0 saturated carbocycles. The lowest BCUT2D eigenvalue weighted by Crippen LogP contribution is -1.99. The van der Waals surface area contributed by atoms with E-state index in [4.69, 9.17) is 16.3 Å². The Balaban J connectivity index is 2.08. The van der Waals surface area contributed by atoms with Crippen molar-refractivity contribution in [3.63, 3.8) is 0 Å². The molecule has 2 rings (SSSR count). The summed E-state index contributed by atoms with van der Waals surface area (Å²) in [5.41, 5.74) is 0.719. The van der Waals surface area contributed by atoms with E-state index < -0.39 is 0 Å². The monoisotopic (exact) mass is 252 g/mol. The second-order valence-electron chi connectivity index (χ2n) is 3.85. The van der Waals surface area contributed by atoms with Crippen LogP contribution in [0.2, 0.25) is 0 Å². The molecule has 0 spiro atoms. The third kappa shape index (κ3) is 2.94. The summed E-state index contributed by atoms with van der Waals surface area (Å²) < 4.78 is 7.32. The fourth-order valence-corrected chi connectivity index (χ4v) is 1.39. The van der Waals surface area contributed by atoms with Crippen LogP contribution in [0.3, 0.4) is 0 Å². The number of halogens is 1. The van der Waals surface area contributed by atoms with Crippen LogP contribution in [-0.4, -0.2) is 20.0 Å². The number of hydrogen-bond donors (Lipinski definition) is 0. The quantitative estimate of drug-likeness (QED) is 0.785. The van der Waals surface area contributed by atoms with Crippen LogP contribution in [0.5, 0.6) is 11.6 Å². The molecule has 2 aromatic rings. The topological polar surface area (TPSA) is 52.8 Å². The fourth-order valence-electron chi connectivity index (χ4n) is 1.25. The summed E-state index contributed by atoms with van der Waals surface area (Å²) in [6.45, 7) is 4.09. The molecule has 0 aliphatic carbocycles. The number of alkyl halides is 1. The summed E-state index contributed by atoms with van der Waals surface area (Å²) in [6.07, 6.45) is 3.47. The van der Waals surface area contributed by atoms with E-state index in [1.54, 1.807) is 18.3 Å². The fraction of sp³-hybridized carbons (Fsp3) is 0.364. The van der Waals surface area contributed by atoms with E-state index in [1.165, 1.54) is 0 Å². The molecule has 0 aromatic carbocycles. The number of rotatable bonds is 4. The zero-order valence-corrected chi connectivity index (χ0v) is 10.4. The molecule has 0 saturated heterocycles. The van der Waals surface area contributed by atoms with Crippen LogP contribution in [0.25, 0.3) is 0 Å². The molecule has 0 aliphatic rings. The van der Waals surface area contributed by atoms with Crippen LogP contribution in [-0.2, 0) is 5.88 Å². The highest BCUT2D eigenvalue weighted by Gasteiger charge is 2.05. The average molecular weight is 253 g/mol. The first-order valence-electron chi connectivity index (χ1n) is 5.29. The molecule has 0 fully saturated rings. The summed E-state index contributed by atoms with van der Waals surface area (Å²) in [6, 6.07) is 3.82. The Bertz CT molecular complexity index is 480. The van der Waals surface area contributed by atoms with Gasteiger partial charge < -0.3 is 4.74 Å². The van der Waals surface area contributed by atoms with Gasteiger partial charge in [0.25, 0.3) is 0 Å². The zero-order chi connectivity index (χ0) is 12.3. The van der Waals surface area contributed by atoms with Crippen molar-refractivity contribution in [2.75, 3.05) is 0 Å². The Morgan fingerprint density at radius 2 is 2.18 bits per heavy atom. The second-order valence-corrected chi connectivity index (χ2v) is 4.12. The van der Waals surface area contributed by atoms with E-state index in [-0.39, 0.29) is 0 Å². The van der Waals surface area contributed by atoms with Gasteiger partial charge in [0.15, 0.2) is 5.75 Å². The van der Waals surface area contributed by atoms with Crippen molar-refractivity contribution in [3.05, 3.63) is 30.2 Å². The maximum absolute atomic E-state index is 5.62. The first-order valence-corrected chi connectivity index (χ1v) is 5.83. The molecule has 2 aromatic heterocycles. The maximum atomic E-state index is 5.62. The van der Waals surface area contributed by atoms with Gasteiger partial charge in [0.05, 0.1) is 24.0 Å². The largest absolute Gasteiger partial charge is 0.434 e. The summed E-state index contributed by atoms with van der Waals surface area (Å²) in [4.78, 5) is 0. The molecule has 2 heterocycles. The van der Waals surface area contributed by atoms with Gasteiger partial charge in [-0.15, -0.1) is 16.7 Å². The molecule has 0 amide bonds.